The normalized spacial score (nSPS) is 12.5. The predicted molar refractivity (Wildman–Crippen MR) is 68.5 cm³/mol. The van der Waals surface area contributed by atoms with Crippen molar-refractivity contribution in [3.63, 3.8) is 0 Å². The van der Waals surface area contributed by atoms with Gasteiger partial charge in [-0.05, 0) is 31.0 Å². The second-order valence-electron chi connectivity index (χ2n) is 4.04. The van der Waals surface area contributed by atoms with Crippen molar-refractivity contribution in [3.05, 3.63) is 34.1 Å². The van der Waals surface area contributed by atoms with Gasteiger partial charge in [0.2, 0.25) is 0 Å². The summed E-state index contributed by atoms with van der Waals surface area (Å²) in [6.07, 6.45) is 1.63. The first kappa shape index (κ1) is 14.3. The number of benzene rings is 1. The Hall–Kier alpha value is -0.740. The van der Waals surface area contributed by atoms with Crippen molar-refractivity contribution in [1.29, 1.82) is 0 Å². The Morgan fingerprint density at radius 1 is 1.53 bits per heavy atom. The molecule has 0 saturated carbocycles. The van der Waals surface area contributed by atoms with Gasteiger partial charge in [-0.2, -0.15) is 0 Å². The van der Waals surface area contributed by atoms with E-state index >= 15 is 0 Å². The third-order valence-electron chi connectivity index (χ3n) is 2.63. The summed E-state index contributed by atoms with van der Waals surface area (Å²) in [4.78, 5) is 11.7. The quantitative estimate of drug-likeness (QED) is 0.804. The Labute approximate surface area is 109 Å². The molecule has 94 valence electrons. The summed E-state index contributed by atoms with van der Waals surface area (Å²) in [6.45, 7) is 1.93. The zero-order valence-electron chi connectivity index (χ0n) is 10.0. The molecule has 1 atom stereocenters. The van der Waals surface area contributed by atoms with Crippen LogP contribution in [0.5, 0.6) is 0 Å². The van der Waals surface area contributed by atoms with Gasteiger partial charge in [0.15, 0.2) is 0 Å². The topological polar surface area (TPSA) is 26.3 Å². The summed E-state index contributed by atoms with van der Waals surface area (Å²) < 4.78 is 18.6. The standard InChI is InChI=1S/C13H16BrFO2/c1-9(17-2)3-6-12(16)7-10-4-5-11(15)8-13(10)14/h4-5,8-9H,3,6-7H2,1-2H3. The lowest BCUT2D eigenvalue weighted by molar-refractivity contribution is -0.119. The lowest BCUT2D eigenvalue weighted by atomic mass is 10.0. The van der Waals surface area contributed by atoms with Crippen molar-refractivity contribution in [2.75, 3.05) is 7.11 Å². The van der Waals surface area contributed by atoms with E-state index < -0.39 is 0 Å². The first-order chi connectivity index (χ1) is 8.02. The summed E-state index contributed by atoms with van der Waals surface area (Å²) in [5, 5.41) is 0. The van der Waals surface area contributed by atoms with Gasteiger partial charge in [0.1, 0.15) is 11.6 Å². The summed E-state index contributed by atoms with van der Waals surface area (Å²) in [7, 11) is 1.63. The molecule has 0 bridgehead atoms. The maximum Gasteiger partial charge on any atom is 0.137 e. The van der Waals surface area contributed by atoms with Crippen LogP contribution in [0, 0.1) is 5.82 Å². The molecule has 0 radical (unpaired) electrons. The van der Waals surface area contributed by atoms with E-state index in [-0.39, 0.29) is 17.7 Å². The van der Waals surface area contributed by atoms with Crippen molar-refractivity contribution in [2.45, 2.75) is 32.3 Å². The van der Waals surface area contributed by atoms with Crippen LogP contribution in [0.4, 0.5) is 4.39 Å². The molecule has 0 aliphatic carbocycles. The second kappa shape index (κ2) is 6.87. The van der Waals surface area contributed by atoms with Gasteiger partial charge in [-0.3, -0.25) is 4.79 Å². The molecule has 1 unspecified atom stereocenters. The van der Waals surface area contributed by atoms with Crippen LogP contribution < -0.4 is 0 Å². The highest BCUT2D eigenvalue weighted by Gasteiger charge is 2.09. The lowest BCUT2D eigenvalue weighted by Gasteiger charge is -2.08. The molecule has 0 spiro atoms. The van der Waals surface area contributed by atoms with Gasteiger partial charge >= 0.3 is 0 Å². The SMILES string of the molecule is COC(C)CCC(=O)Cc1ccc(F)cc1Br. The van der Waals surface area contributed by atoms with Crippen molar-refractivity contribution in [2.24, 2.45) is 0 Å². The molecule has 0 amide bonds. The molecule has 1 rings (SSSR count). The van der Waals surface area contributed by atoms with E-state index in [1.54, 1.807) is 13.2 Å². The number of ketones is 1. The van der Waals surface area contributed by atoms with Crippen LogP contribution in [0.2, 0.25) is 0 Å². The van der Waals surface area contributed by atoms with Gasteiger partial charge in [-0.1, -0.05) is 22.0 Å². The first-order valence-electron chi connectivity index (χ1n) is 5.51. The van der Waals surface area contributed by atoms with Crippen LogP contribution in [0.3, 0.4) is 0 Å². The van der Waals surface area contributed by atoms with Crippen molar-refractivity contribution in [1.82, 2.24) is 0 Å². The fourth-order valence-corrected chi connectivity index (χ4v) is 1.94. The third-order valence-corrected chi connectivity index (χ3v) is 3.37. The molecule has 0 fully saturated rings. The van der Waals surface area contributed by atoms with Gasteiger partial charge in [0.25, 0.3) is 0 Å². The average molecular weight is 303 g/mol. The van der Waals surface area contributed by atoms with E-state index in [0.29, 0.717) is 23.7 Å². The highest BCUT2D eigenvalue weighted by molar-refractivity contribution is 9.10. The second-order valence-corrected chi connectivity index (χ2v) is 4.89. The largest absolute Gasteiger partial charge is 0.382 e. The van der Waals surface area contributed by atoms with Crippen LogP contribution in [-0.4, -0.2) is 19.0 Å². The fourth-order valence-electron chi connectivity index (χ4n) is 1.45. The third kappa shape index (κ3) is 4.96. The number of carbonyl (C=O) groups is 1. The highest BCUT2D eigenvalue weighted by atomic mass is 79.9. The minimum absolute atomic E-state index is 0.0932. The van der Waals surface area contributed by atoms with Gasteiger partial charge < -0.3 is 4.74 Å². The zero-order chi connectivity index (χ0) is 12.8. The van der Waals surface area contributed by atoms with E-state index in [4.69, 9.17) is 4.74 Å². The monoisotopic (exact) mass is 302 g/mol. The van der Waals surface area contributed by atoms with Crippen LogP contribution in [0.15, 0.2) is 22.7 Å². The number of rotatable bonds is 6. The Balaban J connectivity index is 2.50. The van der Waals surface area contributed by atoms with Crippen molar-refractivity contribution >= 4 is 21.7 Å². The predicted octanol–water partition coefficient (Wildman–Crippen LogP) is 3.51. The molecule has 1 aromatic rings. The Morgan fingerprint density at radius 3 is 2.82 bits per heavy atom. The maximum absolute atomic E-state index is 12.9. The van der Waals surface area contributed by atoms with E-state index in [1.165, 1.54) is 12.1 Å². The first-order valence-corrected chi connectivity index (χ1v) is 6.30. The van der Waals surface area contributed by atoms with Crippen LogP contribution in [0.25, 0.3) is 0 Å². The molecule has 1 aromatic carbocycles. The number of halogens is 2. The minimum atomic E-state index is -0.305. The van der Waals surface area contributed by atoms with Crippen LogP contribution >= 0.6 is 15.9 Å². The van der Waals surface area contributed by atoms with Gasteiger partial charge in [0.05, 0.1) is 6.10 Å². The van der Waals surface area contributed by atoms with Gasteiger partial charge in [0, 0.05) is 24.4 Å². The Bertz CT molecular complexity index is 393. The van der Waals surface area contributed by atoms with Gasteiger partial charge in [-0.25, -0.2) is 4.39 Å². The summed E-state index contributed by atoms with van der Waals surface area (Å²) >= 11 is 3.25. The number of methoxy groups -OCH3 is 1. The van der Waals surface area contributed by atoms with Crippen LogP contribution in [0.1, 0.15) is 25.3 Å². The maximum atomic E-state index is 12.9. The molecule has 0 aliphatic rings. The van der Waals surface area contributed by atoms with E-state index in [2.05, 4.69) is 15.9 Å². The molecule has 17 heavy (non-hydrogen) atoms. The summed E-state index contributed by atoms with van der Waals surface area (Å²) in [5.41, 5.74) is 0.821. The van der Waals surface area contributed by atoms with E-state index in [0.717, 1.165) is 5.56 Å². The number of Topliss-reactive ketones (excluding diaryl/α,β-unsaturated/α-hetero) is 1. The number of carbonyl (C=O) groups excluding carboxylic acids is 1. The molecule has 4 heteroatoms. The zero-order valence-corrected chi connectivity index (χ0v) is 11.6. The van der Waals surface area contributed by atoms with Crippen molar-refractivity contribution < 1.29 is 13.9 Å². The molecule has 0 aromatic heterocycles. The number of hydrogen-bond acceptors (Lipinski definition) is 2. The molecule has 2 nitrogen and oxygen atoms in total. The molecule has 0 heterocycles. The highest BCUT2D eigenvalue weighted by Crippen LogP contribution is 2.19. The van der Waals surface area contributed by atoms with E-state index in [1.807, 2.05) is 6.92 Å². The summed E-state index contributed by atoms with van der Waals surface area (Å²) in [5.74, 6) is -0.165. The van der Waals surface area contributed by atoms with Gasteiger partial charge in [-0.15, -0.1) is 0 Å². The molecular weight excluding hydrogens is 287 g/mol. The lowest BCUT2D eigenvalue weighted by Crippen LogP contribution is -2.10. The number of hydrogen-bond donors (Lipinski definition) is 0. The molecular formula is C13H16BrFO2. The molecule has 0 saturated heterocycles. The minimum Gasteiger partial charge on any atom is -0.382 e. The van der Waals surface area contributed by atoms with Crippen molar-refractivity contribution in [3.8, 4) is 0 Å². The smallest absolute Gasteiger partial charge is 0.137 e. The molecule has 0 aliphatic heterocycles. The van der Waals surface area contributed by atoms with Crippen LogP contribution in [-0.2, 0) is 16.0 Å². The number of ether oxygens (including phenoxy) is 1. The fraction of sp³-hybridized carbons (Fsp3) is 0.462. The van der Waals surface area contributed by atoms with E-state index in [9.17, 15) is 9.18 Å². The Kier molecular flexibility index (Phi) is 5.78. The summed E-state index contributed by atoms with van der Waals surface area (Å²) in [6, 6.07) is 4.38. The Morgan fingerprint density at radius 2 is 2.24 bits per heavy atom. The average Bonchev–Trinajstić information content (AvgIpc) is 2.29. The molecule has 0 N–H and O–H groups in total.